The van der Waals surface area contributed by atoms with Crippen LogP contribution < -0.4 is 0 Å². The zero-order valence-corrected chi connectivity index (χ0v) is 8.71. The fraction of sp³-hybridized carbons (Fsp3) is 0.200. The molecule has 0 fully saturated rings. The molecule has 0 heterocycles. The third-order valence-corrected chi connectivity index (χ3v) is 2.15. The van der Waals surface area contributed by atoms with Crippen molar-refractivity contribution in [3.05, 3.63) is 45.6 Å². The van der Waals surface area contributed by atoms with Gasteiger partial charge in [0.15, 0.2) is 0 Å². The quantitative estimate of drug-likeness (QED) is 0.563. The fourth-order valence-electron chi connectivity index (χ4n) is 0.918. The van der Waals surface area contributed by atoms with E-state index in [1.54, 1.807) is 0 Å². The third-order valence-electron chi connectivity index (χ3n) is 1.48. The van der Waals surface area contributed by atoms with Crippen LogP contribution in [-0.2, 0) is 6.42 Å². The van der Waals surface area contributed by atoms with Gasteiger partial charge in [0.1, 0.15) is 0 Å². The van der Waals surface area contributed by atoms with E-state index in [-0.39, 0.29) is 0 Å². The molecule has 1 rings (SSSR count). The van der Waals surface area contributed by atoms with Crippen LogP contribution in [0.25, 0.3) is 0 Å². The second-order valence-electron chi connectivity index (χ2n) is 2.40. The van der Waals surface area contributed by atoms with E-state index in [4.69, 9.17) is 0 Å². The van der Waals surface area contributed by atoms with Crippen LogP contribution in [0.4, 0.5) is 0 Å². The summed E-state index contributed by atoms with van der Waals surface area (Å²) in [6.45, 7) is 2.05. The minimum absolute atomic E-state index is 1.05. The largest absolute Gasteiger partial charge is 0.0913 e. The SMILES string of the molecule is CC=CCc1cccc(I)c1. The molecule has 0 bridgehead atoms. The molecule has 0 aliphatic carbocycles. The van der Waals surface area contributed by atoms with Crippen LogP contribution in [-0.4, -0.2) is 0 Å². The van der Waals surface area contributed by atoms with Crippen molar-refractivity contribution >= 4 is 22.6 Å². The highest BCUT2D eigenvalue weighted by Gasteiger charge is 1.88. The van der Waals surface area contributed by atoms with Gasteiger partial charge in [-0.3, -0.25) is 0 Å². The summed E-state index contributed by atoms with van der Waals surface area (Å²) in [7, 11) is 0. The van der Waals surface area contributed by atoms with E-state index < -0.39 is 0 Å². The van der Waals surface area contributed by atoms with E-state index in [0.29, 0.717) is 0 Å². The maximum atomic E-state index is 2.33. The monoisotopic (exact) mass is 258 g/mol. The topological polar surface area (TPSA) is 0 Å². The lowest BCUT2D eigenvalue weighted by atomic mass is 10.1. The molecule has 0 nitrogen and oxygen atoms in total. The predicted molar refractivity (Wildman–Crippen MR) is 57.7 cm³/mol. The highest BCUT2D eigenvalue weighted by atomic mass is 127. The Kier molecular flexibility index (Phi) is 3.63. The Balaban J connectivity index is 2.71. The van der Waals surface area contributed by atoms with E-state index in [2.05, 4.69) is 59.0 Å². The highest BCUT2D eigenvalue weighted by molar-refractivity contribution is 14.1. The van der Waals surface area contributed by atoms with Crippen molar-refractivity contribution < 1.29 is 0 Å². The summed E-state index contributed by atoms with van der Waals surface area (Å²) >= 11 is 2.33. The van der Waals surface area contributed by atoms with Crippen molar-refractivity contribution in [1.29, 1.82) is 0 Å². The average Bonchev–Trinajstić information content (AvgIpc) is 2.01. The van der Waals surface area contributed by atoms with E-state index in [1.807, 2.05) is 6.92 Å². The second kappa shape index (κ2) is 4.54. The van der Waals surface area contributed by atoms with Crippen LogP contribution in [0.15, 0.2) is 36.4 Å². The van der Waals surface area contributed by atoms with E-state index >= 15 is 0 Å². The predicted octanol–water partition coefficient (Wildman–Crippen LogP) is 3.41. The number of halogens is 1. The molecule has 1 aromatic carbocycles. The maximum Gasteiger partial charge on any atom is 0.0133 e. The number of allylic oxidation sites excluding steroid dienone is 2. The van der Waals surface area contributed by atoms with Crippen LogP contribution in [0.5, 0.6) is 0 Å². The van der Waals surface area contributed by atoms with Crippen molar-refractivity contribution in [3.8, 4) is 0 Å². The first-order valence-corrected chi connectivity index (χ1v) is 4.76. The molecule has 0 amide bonds. The van der Waals surface area contributed by atoms with Gasteiger partial charge in [0, 0.05) is 3.57 Å². The molecule has 0 atom stereocenters. The number of benzene rings is 1. The van der Waals surface area contributed by atoms with Gasteiger partial charge in [-0.15, -0.1) is 0 Å². The van der Waals surface area contributed by atoms with Crippen molar-refractivity contribution in [2.24, 2.45) is 0 Å². The molecule has 0 unspecified atom stereocenters. The normalized spacial score (nSPS) is 10.7. The van der Waals surface area contributed by atoms with Crippen LogP contribution in [0.1, 0.15) is 12.5 Å². The average molecular weight is 258 g/mol. The number of hydrogen-bond donors (Lipinski definition) is 0. The summed E-state index contributed by atoms with van der Waals surface area (Å²) in [4.78, 5) is 0. The smallest absolute Gasteiger partial charge is 0.0133 e. The first kappa shape index (κ1) is 8.78. The molecule has 0 N–H and O–H groups in total. The third kappa shape index (κ3) is 3.06. The summed E-state index contributed by atoms with van der Waals surface area (Å²) in [5.41, 5.74) is 1.38. The summed E-state index contributed by atoms with van der Waals surface area (Å²) < 4.78 is 1.31. The van der Waals surface area contributed by atoms with Crippen molar-refractivity contribution in [2.75, 3.05) is 0 Å². The lowest BCUT2D eigenvalue weighted by Crippen LogP contribution is -1.80. The molecule has 1 heteroatoms. The molecule has 0 aliphatic rings. The van der Waals surface area contributed by atoms with Gasteiger partial charge in [0.25, 0.3) is 0 Å². The lowest BCUT2D eigenvalue weighted by Gasteiger charge is -1.95. The van der Waals surface area contributed by atoms with Crippen molar-refractivity contribution in [2.45, 2.75) is 13.3 Å². The van der Waals surface area contributed by atoms with Gasteiger partial charge in [-0.05, 0) is 53.6 Å². The van der Waals surface area contributed by atoms with Crippen molar-refractivity contribution in [3.63, 3.8) is 0 Å². The summed E-state index contributed by atoms with van der Waals surface area (Å²) in [5, 5.41) is 0. The van der Waals surface area contributed by atoms with E-state index in [1.165, 1.54) is 9.13 Å². The summed E-state index contributed by atoms with van der Waals surface area (Å²) in [6, 6.07) is 8.57. The van der Waals surface area contributed by atoms with Crippen molar-refractivity contribution in [1.82, 2.24) is 0 Å². The standard InChI is InChI=1S/C10H11I/c1-2-3-5-9-6-4-7-10(11)8-9/h2-4,6-8H,5H2,1H3. The molecular formula is C10H11I. The molecule has 0 saturated carbocycles. The van der Waals surface area contributed by atoms with Gasteiger partial charge in [-0.1, -0.05) is 24.3 Å². The van der Waals surface area contributed by atoms with Crippen LogP contribution in [0, 0.1) is 3.57 Å². The van der Waals surface area contributed by atoms with Crippen LogP contribution in [0.3, 0.4) is 0 Å². The first-order valence-electron chi connectivity index (χ1n) is 3.68. The number of rotatable bonds is 2. The maximum absolute atomic E-state index is 2.33. The van der Waals surface area contributed by atoms with E-state index in [0.717, 1.165) is 6.42 Å². The summed E-state index contributed by atoms with van der Waals surface area (Å²) in [6.07, 6.45) is 5.30. The van der Waals surface area contributed by atoms with Crippen LogP contribution >= 0.6 is 22.6 Å². The molecule has 0 aliphatic heterocycles. The second-order valence-corrected chi connectivity index (χ2v) is 3.65. The molecule has 1 aromatic rings. The van der Waals surface area contributed by atoms with Gasteiger partial charge < -0.3 is 0 Å². The van der Waals surface area contributed by atoms with Gasteiger partial charge in [0.2, 0.25) is 0 Å². The Morgan fingerprint density at radius 1 is 1.45 bits per heavy atom. The fourth-order valence-corrected chi connectivity index (χ4v) is 1.53. The van der Waals surface area contributed by atoms with Crippen LogP contribution in [0.2, 0.25) is 0 Å². The molecule has 58 valence electrons. The molecule has 0 aromatic heterocycles. The minimum atomic E-state index is 1.05. The van der Waals surface area contributed by atoms with E-state index in [9.17, 15) is 0 Å². The minimum Gasteiger partial charge on any atom is -0.0913 e. The van der Waals surface area contributed by atoms with Gasteiger partial charge in [0.05, 0.1) is 0 Å². The zero-order valence-electron chi connectivity index (χ0n) is 6.55. The van der Waals surface area contributed by atoms with Gasteiger partial charge >= 0.3 is 0 Å². The summed E-state index contributed by atoms with van der Waals surface area (Å²) in [5.74, 6) is 0. The Bertz CT molecular complexity index is 251. The molecular weight excluding hydrogens is 247 g/mol. The molecule has 11 heavy (non-hydrogen) atoms. The molecule has 0 spiro atoms. The Hall–Kier alpha value is -0.310. The first-order chi connectivity index (χ1) is 5.33. The zero-order chi connectivity index (χ0) is 8.10. The van der Waals surface area contributed by atoms with Gasteiger partial charge in [-0.2, -0.15) is 0 Å². The molecule has 0 saturated heterocycles. The highest BCUT2D eigenvalue weighted by Crippen LogP contribution is 2.08. The lowest BCUT2D eigenvalue weighted by molar-refractivity contribution is 1.26. The van der Waals surface area contributed by atoms with Gasteiger partial charge in [-0.25, -0.2) is 0 Å². The number of hydrogen-bond acceptors (Lipinski definition) is 0. The Labute approximate surface area is 81.5 Å². The molecule has 0 radical (unpaired) electrons. The Morgan fingerprint density at radius 3 is 2.91 bits per heavy atom. The Morgan fingerprint density at radius 2 is 2.27 bits per heavy atom.